The maximum Gasteiger partial charge on any atom is 0.266 e. The SMILES string of the molecule is COc1cc(N2COc3cc(-c4ccc(F)cc4F)ncc3C2=O)ccc1OCCC1CC1. The molecular weight excluding hydrogens is 430 g/mol. The van der Waals surface area contributed by atoms with Gasteiger partial charge in [-0.2, -0.15) is 0 Å². The zero-order valence-electron chi connectivity index (χ0n) is 18.0. The van der Waals surface area contributed by atoms with Gasteiger partial charge in [0, 0.05) is 30.0 Å². The normalized spacial score (nSPS) is 15.1. The van der Waals surface area contributed by atoms with E-state index < -0.39 is 11.6 Å². The highest BCUT2D eigenvalue weighted by molar-refractivity contribution is 6.08. The summed E-state index contributed by atoms with van der Waals surface area (Å²) in [6.45, 7) is 0.592. The van der Waals surface area contributed by atoms with Gasteiger partial charge < -0.3 is 14.2 Å². The molecule has 5 rings (SSSR count). The number of aromatic nitrogens is 1. The van der Waals surface area contributed by atoms with Gasteiger partial charge in [-0.25, -0.2) is 8.78 Å². The number of pyridine rings is 1. The number of hydrogen-bond acceptors (Lipinski definition) is 5. The van der Waals surface area contributed by atoms with Crippen molar-refractivity contribution in [1.29, 1.82) is 0 Å². The van der Waals surface area contributed by atoms with E-state index in [9.17, 15) is 13.6 Å². The lowest BCUT2D eigenvalue weighted by Gasteiger charge is -2.29. The maximum absolute atomic E-state index is 14.1. The van der Waals surface area contributed by atoms with E-state index in [-0.39, 0.29) is 35.2 Å². The summed E-state index contributed by atoms with van der Waals surface area (Å²) >= 11 is 0. The Morgan fingerprint density at radius 1 is 1.09 bits per heavy atom. The number of nitrogens with zero attached hydrogens (tertiary/aromatic N) is 2. The fourth-order valence-electron chi connectivity index (χ4n) is 3.78. The van der Waals surface area contributed by atoms with Crippen molar-refractivity contribution in [2.75, 3.05) is 25.3 Å². The molecule has 0 bridgehead atoms. The van der Waals surface area contributed by atoms with Gasteiger partial charge in [0.05, 0.1) is 25.1 Å². The van der Waals surface area contributed by atoms with E-state index in [1.54, 1.807) is 25.3 Å². The number of carbonyl (C=O) groups is 1. The lowest BCUT2D eigenvalue weighted by Crippen LogP contribution is -2.38. The number of ether oxygens (including phenoxy) is 3. The molecule has 1 aliphatic heterocycles. The molecule has 1 aliphatic carbocycles. The van der Waals surface area contributed by atoms with Gasteiger partial charge in [-0.1, -0.05) is 12.8 Å². The molecule has 1 saturated carbocycles. The molecule has 1 fully saturated rings. The second kappa shape index (κ2) is 8.69. The average molecular weight is 452 g/mol. The van der Waals surface area contributed by atoms with Crippen molar-refractivity contribution in [2.24, 2.45) is 5.92 Å². The van der Waals surface area contributed by atoms with Crippen molar-refractivity contribution in [1.82, 2.24) is 4.98 Å². The number of anilines is 1. The molecule has 0 saturated heterocycles. The second-order valence-electron chi connectivity index (χ2n) is 8.11. The third kappa shape index (κ3) is 4.33. The summed E-state index contributed by atoms with van der Waals surface area (Å²) in [6, 6.07) is 10.0. The third-order valence-electron chi connectivity index (χ3n) is 5.84. The van der Waals surface area contributed by atoms with Crippen LogP contribution in [0.15, 0.2) is 48.7 Å². The van der Waals surface area contributed by atoms with Crippen LogP contribution in [0.2, 0.25) is 0 Å². The van der Waals surface area contributed by atoms with Gasteiger partial charge in [0.25, 0.3) is 5.91 Å². The van der Waals surface area contributed by atoms with Gasteiger partial charge in [-0.3, -0.25) is 14.7 Å². The molecule has 8 heteroatoms. The van der Waals surface area contributed by atoms with Crippen molar-refractivity contribution >= 4 is 11.6 Å². The molecule has 0 radical (unpaired) electrons. The molecule has 170 valence electrons. The molecule has 0 spiro atoms. The van der Waals surface area contributed by atoms with Gasteiger partial charge in [-0.15, -0.1) is 0 Å². The van der Waals surface area contributed by atoms with Crippen molar-refractivity contribution in [3.8, 4) is 28.5 Å². The number of hydrogen-bond donors (Lipinski definition) is 0. The van der Waals surface area contributed by atoms with Crippen LogP contribution < -0.4 is 19.1 Å². The number of fused-ring (bicyclic) bond motifs is 1. The Labute approximate surface area is 189 Å². The van der Waals surface area contributed by atoms with Gasteiger partial charge in [0.2, 0.25) is 0 Å². The largest absolute Gasteiger partial charge is 0.493 e. The first-order valence-corrected chi connectivity index (χ1v) is 10.7. The van der Waals surface area contributed by atoms with E-state index in [1.165, 1.54) is 36.1 Å². The summed E-state index contributed by atoms with van der Waals surface area (Å²) in [7, 11) is 1.55. The third-order valence-corrected chi connectivity index (χ3v) is 5.84. The molecule has 3 aromatic rings. The topological polar surface area (TPSA) is 60.9 Å². The van der Waals surface area contributed by atoms with Crippen LogP contribution in [-0.2, 0) is 0 Å². The van der Waals surface area contributed by atoms with E-state index in [0.29, 0.717) is 23.8 Å². The van der Waals surface area contributed by atoms with Crippen LogP contribution in [0.4, 0.5) is 14.5 Å². The Hall–Kier alpha value is -3.68. The van der Waals surface area contributed by atoms with Gasteiger partial charge in [-0.05, 0) is 36.6 Å². The van der Waals surface area contributed by atoms with Crippen molar-refractivity contribution in [3.63, 3.8) is 0 Å². The predicted molar refractivity (Wildman–Crippen MR) is 118 cm³/mol. The summed E-state index contributed by atoms with van der Waals surface area (Å²) in [5, 5.41) is 0. The summed E-state index contributed by atoms with van der Waals surface area (Å²) in [4.78, 5) is 18.8. The molecule has 2 heterocycles. The highest BCUT2D eigenvalue weighted by Gasteiger charge is 2.29. The molecule has 0 N–H and O–H groups in total. The lowest BCUT2D eigenvalue weighted by atomic mass is 10.1. The first-order valence-electron chi connectivity index (χ1n) is 10.7. The Bertz CT molecular complexity index is 1210. The molecule has 2 aliphatic rings. The van der Waals surface area contributed by atoms with E-state index in [2.05, 4.69) is 4.98 Å². The van der Waals surface area contributed by atoms with Gasteiger partial charge in [0.1, 0.15) is 22.9 Å². The molecular formula is C25H22F2N2O4. The van der Waals surface area contributed by atoms with Crippen molar-refractivity contribution in [2.45, 2.75) is 19.3 Å². The van der Waals surface area contributed by atoms with Crippen LogP contribution in [-0.4, -0.2) is 31.3 Å². The molecule has 0 unspecified atom stereocenters. The summed E-state index contributed by atoms with van der Waals surface area (Å²) in [6.07, 6.45) is 4.91. The minimum atomic E-state index is -0.738. The summed E-state index contributed by atoms with van der Waals surface area (Å²) in [5.41, 5.74) is 1.21. The maximum atomic E-state index is 14.1. The smallest absolute Gasteiger partial charge is 0.266 e. The first-order chi connectivity index (χ1) is 16.0. The number of amides is 1. The first kappa shape index (κ1) is 21.2. The highest BCUT2D eigenvalue weighted by atomic mass is 19.1. The number of halogens is 2. The minimum Gasteiger partial charge on any atom is -0.493 e. The summed E-state index contributed by atoms with van der Waals surface area (Å²) in [5.74, 6) is 0.495. The molecule has 0 atom stereocenters. The Kier molecular flexibility index (Phi) is 5.58. The highest BCUT2D eigenvalue weighted by Crippen LogP contribution is 2.37. The number of rotatable bonds is 7. The van der Waals surface area contributed by atoms with Crippen LogP contribution >= 0.6 is 0 Å². The van der Waals surface area contributed by atoms with E-state index in [4.69, 9.17) is 14.2 Å². The second-order valence-corrected chi connectivity index (χ2v) is 8.11. The van der Waals surface area contributed by atoms with Crippen LogP contribution in [0.5, 0.6) is 17.2 Å². The minimum absolute atomic E-state index is 0.0355. The zero-order valence-corrected chi connectivity index (χ0v) is 18.0. The van der Waals surface area contributed by atoms with Crippen LogP contribution in [0, 0.1) is 17.6 Å². The molecule has 2 aromatic carbocycles. The van der Waals surface area contributed by atoms with Crippen molar-refractivity contribution < 1.29 is 27.8 Å². The van der Waals surface area contributed by atoms with Crippen LogP contribution in [0.1, 0.15) is 29.6 Å². The van der Waals surface area contributed by atoms with Crippen molar-refractivity contribution in [3.05, 3.63) is 65.9 Å². The summed E-state index contributed by atoms with van der Waals surface area (Å²) < 4.78 is 44.4. The fraction of sp³-hybridized carbons (Fsp3) is 0.280. The zero-order chi connectivity index (χ0) is 22.9. The lowest BCUT2D eigenvalue weighted by molar-refractivity contribution is 0.0936. The van der Waals surface area contributed by atoms with Gasteiger partial charge in [0.15, 0.2) is 18.2 Å². The predicted octanol–water partition coefficient (Wildman–Crippen LogP) is 5.21. The molecule has 1 amide bonds. The van der Waals surface area contributed by atoms with E-state index in [0.717, 1.165) is 24.5 Å². The molecule has 33 heavy (non-hydrogen) atoms. The van der Waals surface area contributed by atoms with E-state index in [1.807, 2.05) is 0 Å². The Balaban J connectivity index is 1.36. The number of methoxy groups -OCH3 is 1. The van der Waals surface area contributed by atoms with Crippen LogP contribution in [0.3, 0.4) is 0 Å². The monoisotopic (exact) mass is 452 g/mol. The average Bonchev–Trinajstić information content (AvgIpc) is 3.64. The number of benzene rings is 2. The van der Waals surface area contributed by atoms with Crippen LogP contribution in [0.25, 0.3) is 11.3 Å². The Morgan fingerprint density at radius 3 is 2.70 bits per heavy atom. The van der Waals surface area contributed by atoms with E-state index >= 15 is 0 Å². The number of carbonyl (C=O) groups excluding carboxylic acids is 1. The Morgan fingerprint density at radius 2 is 1.94 bits per heavy atom. The quantitative estimate of drug-likeness (QED) is 0.493. The molecule has 6 nitrogen and oxygen atoms in total. The standard InChI is InChI=1S/C25H22F2N2O4/c1-31-24-11-17(5-7-22(24)32-9-8-15-2-3-15)29-14-33-23-12-21(28-13-19(23)25(29)30)18-6-4-16(26)10-20(18)27/h4-7,10-13,15H,2-3,8-9,14H2,1H3. The fourth-order valence-corrected chi connectivity index (χ4v) is 3.78. The van der Waals surface area contributed by atoms with Gasteiger partial charge >= 0.3 is 0 Å². The molecule has 1 aromatic heterocycles.